The lowest BCUT2D eigenvalue weighted by atomic mass is 9.99. The number of hydrogen-bond acceptors (Lipinski definition) is 2. The fourth-order valence-electron chi connectivity index (χ4n) is 1.21. The molecule has 0 aliphatic rings. The molecule has 0 aliphatic carbocycles. The first-order chi connectivity index (χ1) is 5.49. The van der Waals surface area contributed by atoms with Crippen molar-refractivity contribution in [2.24, 2.45) is 5.92 Å². The first-order valence-electron chi connectivity index (χ1n) is 4.78. The molecular formula is C10H23NO. The van der Waals surface area contributed by atoms with E-state index in [4.69, 9.17) is 0 Å². The van der Waals surface area contributed by atoms with Gasteiger partial charge in [-0.15, -0.1) is 0 Å². The topological polar surface area (TPSA) is 29.1 Å². The molecule has 0 aromatic carbocycles. The van der Waals surface area contributed by atoms with Crippen LogP contribution < -0.4 is 5.32 Å². The molecule has 2 nitrogen and oxygen atoms in total. The highest BCUT2D eigenvalue weighted by Gasteiger charge is 2.19. The van der Waals surface area contributed by atoms with E-state index in [2.05, 4.69) is 19.2 Å². The van der Waals surface area contributed by atoms with E-state index in [9.17, 15) is 4.79 Å². The highest BCUT2D eigenvalue weighted by atomic mass is 16.1. The Hall–Kier alpha value is -0.370. The van der Waals surface area contributed by atoms with Gasteiger partial charge in [-0.3, -0.25) is 4.79 Å². The maximum absolute atomic E-state index is 11.5. The Bertz CT molecular complexity index is 146. The number of hydrogen-bond donors (Lipinski definition) is 1. The third kappa shape index (κ3) is 3.86. The van der Waals surface area contributed by atoms with E-state index >= 15 is 0 Å². The van der Waals surface area contributed by atoms with Crippen LogP contribution in [0, 0.1) is 5.92 Å². The molecule has 12 heavy (non-hydrogen) atoms. The van der Waals surface area contributed by atoms with Gasteiger partial charge in [-0.2, -0.15) is 0 Å². The molecule has 0 aromatic heterocycles. The highest BCUT2D eigenvalue weighted by Crippen LogP contribution is 2.03. The zero-order valence-electron chi connectivity index (χ0n) is 8.85. The molecule has 0 spiro atoms. The lowest BCUT2D eigenvalue weighted by Gasteiger charge is -2.20. The van der Waals surface area contributed by atoms with Gasteiger partial charge in [-0.05, 0) is 6.42 Å². The monoisotopic (exact) mass is 173 g/mol. The number of ketones is 1. The molecule has 0 saturated heterocycles. The van der Waals surface area contributed by atoms with Crippen LogP contribution in [0.4, 0.5) is 0 Å². The van der Waals surface area contributed by atoms with E-state index in [-0.39, 0.29) is 13.4 Å². The summed E-state index contributed by atoms with van der Waals surface area (Å²) in [6, 6.07) is 0.433. The van der Waals surface area contributed by atoms with Gasteiger partial charge in [-0.25, -0.2) is 0 Å². The summed E-state index contributed by atoms with van der Waals surface area (Å²) in [7, 11) is 0. The van der Waals surface area contributed by atoms with E-state index in [1.54, 1.807) is 0 Å². The van der Waals surface area contributed by atoms with Crippen LogP contribution in [0.2, 0.25) is 0 Å². The van der Waals surface area contributed by atoms with Crippen molar-refractivity contribution >= 4 is 5.78 Å². The summed E-state index contributed by atoms with van der Waals surface area (Å²) in [4.78, 5) is 11.5. The Kier molecular flexibility index (Phi) is 5.14. The van der Waals surface area contributed by atoms with E-state index in [0.717, 1.165) is 6.42 Å². The smallest absolute Gasteiger partial charge is 0.152 e. The van der Waals surface area contributed by atoms with Gasteiger partial charge < -0.3 is 5.32 Å². The van der Waals surface area contributed by atoms with Crippen LogP contribution in [0.15, 0.2) is 0 Å². The van der Waals surface area contributed by atoms with Crippen molar-refractivity contribution in [1.29, 1.82) is 0 Å². The quantitative estimate of drug-likeness (QED) is 0.690. The zero-order valence-corrected chi connectivity index (χ0v) is 8.85. The lowest BCUT2D eigenvalue weighted by molar-refractivity contribution is -0.124. The van der Waals surface area contributed by atoms with Crippen molar-refractivity contribution in [2.45, 2.75) is 53.1 Å². The lowest BCUT2D eigenvalue weighted by Crippen LogP contribution is -2.42. The van der Waals surface area contributed by atoms with Gasteiger partial charge in [0.25, 0.3) is 0 Å². The number of Topliss-reactive ketones (excluding diaryl/α,β-unsaturated/α-hetero) is 1. The Morgan fingerprint density at radius 3 is 2.08 bits per heavy atom. The number of rotatable bonds is 5. The minimum Gasteiger partial charge on any atom is -0.305 e. The third-order valence-electron chi connectivity index (χ3n) is 1.86. The van der Waals surface area contributed by atoms with Crippen LogP contribution in [0.1, 0.15) is 42.5 Å². The van der Waals surface area contributed by atoms with Gasteiger partial charge in [0.1, 0.15) is 0 Å². The van der Waals surface area contributed by atoms with Crippen LogP contribution in [-0.2, 0) is 4.79 Å². The summed E-state index contributed by atoms with van der Waals surface area (Å²) in [5, 5.41) is 3.26. The van der Waals surface area contributed by atoms with Gasteiger partial charge in [-0.1, -0.05) is 34.6 Å². The third-order valence-corrected chi connectivity index (χ3v) is 1.86. The van der Waals surface area contributed by atoms with Crippen molar-refractivity contribution in [3.8, 4) is 0 Å². The largest absolute Gasteiger partial charge is 0.305 e. The van der Waals surface area contributed by atoms with Gasteiger partial charge in [0.05, 0.1) is 6.04 Å². The van der Waals surface area contributed by atoms with Crippen LogP contribution >= 0.6 is 0 Å². The Balaban J connectivity index is 0. The summed E-state index contributed by atoms with van der Waals surface area (Å²) in [5.74, 6) is 0.465. The van der Waals surface area contributed by atoms with Crippen molar-refractivity contribution < 1.29 is 6.22 Å². The van der Waals surface area contributed by atoms with Crippen LogP contribution in [0.5, 0.6) is 0 Å². The first kappa shape index (κ1) is 11.6. The van der Waals surface area contributed by atoms with Crippen molar-refractivity contribution in [3.63, 3.8) is 0 Å². The molecule has 0 radical (unpaired) electrons. The molecule has 0 unspecified atom stereocenters. The molecule has 74 valence electrons. The molecule has 0 rings (SSSR count). The minimum absolute atomic E-state index is 0. The van der Waals surface area contributed by atoms with Crippen LogP contribution in [0.3, 0.4) is 0 Å². The van der Waals surface area contributed by atoms with Crippen LogP contribution in [0.25, 0.3) is 0 Å². The molecule has 1 atom stereocenters. The van der Waals surface area contributed by atoms with Gasteiger partial charge in [0.15, 0.2) is 5.78 Å². The van der Waals surface area contributed by atoms with Gasteiger partial charge in [0, 0.05) is 13.4 Å². The second kappa shape index (κ2) is 5.31. The summed E-state index contributed by atoms with van der Waals surface area (Å²) in [6.07, 6.45) is 0.884. The second-order valence-electron chi connectivity index (χ2n) is 3.84. The standard InChI is InChI=1S/C10H21NO.H2/c1-6-9(11-8(4)5)10(12)7(2)3;/h7-9,11H,6H2,1-5H3;1H/t9-;/m0./s1. The number of carbonyl (C=O) groups is 1. The zero-order chi connectivity index (χ0) is 9.72. The molecule has 0 amide bonds. The van der Waals surface area contributed by atoms with Gasteiger partial charge in [0.2, 0.25) is 0 Å². The van der Waals surface area contributed by atoms with E-state index in [0.29, 0.717) is 11.8 Å². The molecule has 0 saturated carbocycles. The molecule has 0 aliphatic heterocycles. The predicted molar refractivity (Wildman–Crippen MR) is 54.3 cm³/mol. The SMILES string of the molecule is CC[C@H](NC(C)C)C(=O)C(C)C.[HH]. The Morgan fingerprint density at radius 2 is 1.83 bits per heavy atom. The van der Waals surface area contributed by atoms with Crippen LogP contribution in [-0.4, -0.2) is 17.9 Å². The molecule has 0 fully saturated rings. The minimum atomic E-state index is 0. The number of carbonyl (C=O) groups excluding carboxylic acids is 1. The molecule has 0 bridgehead atoms. The summed E-state index contributed by atoms with van der Waals surface area (Å²) in [5.41, 5.74) is 0. The van der Waals surface area contributed by atoms with Crippen molar-refractivity contribution in [1.82, 2.24) is 5.32 Å². The summed E-state index contributed by atoms with van der Waals surface area (Å²) in [6.45, 7) is 10.1. The maximum Gasteiger partial charge on any atom is 0.152 e. The summed E-state index contributed by atoms with van der Waals surface area (Å²) >= 11 is 0. The van der Waals surface area contributed by atoms with E-state index in [1.165, 1.54) is 0 Å². The molecule has 0 aromatic rings. The first-order valence-corrected chi connectivity index (χ1v) is 4.78. The fraction of sp³-hybridized carbons (Fsp3) is 0.900. The molecule has 0 heterocycles. The average Bonchev–Trinajstić information content (AvgIpc) is 1.98. The normalized spacial score (nSPS) is 13.9. The van der Waals surface area contributed by atoms with Gasteiger partial charge >= 0.3 is 0 Å². The highest BCUT2D eigenvalue weighted by molar-refractivity contribution is 5.85. The van der Waals surface area contributed by atoms with E-state index in [1.807, 2.05) is 20.8 Å². The maximum atomic E-state index is 11.5. The molecule has 2 heteroatoms. The Morgan fingerprint density at radius 1 is 1.33 bits per heavy atom. The van der Waals surface area contributed by atoms with Crippen molar-refractivity contribution in [2.75, 3.05) is 0 Å². The average molecular weight is 173 g/mol. The molecular weight excluding hydrogens is 150 g/mol. The number of nitrogens with one attached hydrogen (secondary N) is 1. The predicted octanol–water partition coefficient (Wildman–Crippen LogP) is 2.23. The Labute approximate surface area is 77.2 Å². The fourth-order valence-corrected chi connectivity index (χ4v) is 1.21. The second-order valence-corrected chi connectivity index (χ2v) is 3.84. The van der Waals surface area contributed by atoms with Crippen molar-refractivity contribution in [3.05, 3.63) is 0 Å². The summed E-state index contributed by atoms with van der Waals surface area (Å²) < 4.78 is 0. The van der Waals surface area contributed by atoms with E-state index < -0.39 is 0 Å². The molecule has 1 N–H and O–H groups in total.